The van der Waals surface area contributed by atoms with Crippen molar-refractivity contribution in [3.05, 3.63) is 32.6 Å². The third kappa shape index (κ3) is 5.17. The Labute approximate surface area is 152 Å². The van der Waals surface area contributed by atoms with Gasteiger partial charge in [-0.05, 0) is 28.9 Å². The van der Waals surface area contributed by atoms with E-state index in [0.717, 1.165) is 0 Å². The molecule has 1 saturated heterocycles. The number of rotatable bonds is 7. The average Bonchev–Trinajstić information content (AvgIpc) is 2.77. The summed E-state index contributed by atoms with van der Waals surface area (Å²) in [5, 5.41) is 20.9. The zero-order valence-corrected chi connectivity index (χ0v) is 15.8. The molecule has 1 aliphatic heterocycles. The van der Waals surface area contributed by atoms with Crippen LogP contribution in [0.1, 0.15) is 18.9 Å². The number of halogens is 2. The van der Waals surface area contributed by atoms with E-state index in [0.29, 0.717) is 13.0 Å². The lowest BCUT2D eigenvalue weighted by Gasteiger charge is -2.26. The highest BCUT2D eigenvalue weighted by Gasteiger charge is 2.48. The summed E-state index contributed by atoms with van der Waals surface area (Å²) in [5.74, 6) is 0. The number of aliphatic hydroxyl groups is 2. The fraction of sp³-hybridized carbons (Fsp3) is 0.692. The summed E-state index contributed by atoms with van der Waals surface area (Å²) in [6.45, 7) is 1.59. The van der Waals surface area contributed by atoms with Gasteiger partial charge in [0.05, 0.1) is 13.2 Å². The number of aliphatic hydroxyl groups excluding tert-OH is 1. The van der Waals surface area contributed by atoms with Gasteiger partial charge in [-0.1, -0.05) is 6.92 Å². The third-order valence-electron chi connectivity index (χ3n) is 3.88. The number of H-pyrrole nitrogens is 1. The summed E-state index contributed by atoms with van der Waals surface area (Å²) in [5.41, 5.74) is -2.85. The Hall–Kier alpha value is -0.670. The van der Waals surface area contributed by atoms with Gasteiger partial charge in [0, 0.05) is 24.7 Å². The Balaban J connectivity index is 2.17. The standard InChI is InChI=1S/C13H19Cl2N2O7P/c1-2-3-17-5-8(11(19)16-12(17)20)4-13(21)7-23-9(10(13)18)6-24-25(14,15)22/h5,9-10,18,21H,2-4,6-7H2,1H3,(H,16,19,20). The van der Waals surface area contributed by atoms with E-state index in [9.17, 15) is 24.4 Å². The number of aromatic nitrogens is 2. The predicted octanol–water partition coefficient (Wildman–Crippen LogP) is 0.582. The van der Waals surface area contributed by atoms with Crippen LogP contribution >= 0.6 is 28.6 Å². The summed E-state index contributed by atoms with van der Waals surface area (Å²) >= 11 is 10.5. The SMILES string of the molecule is CCCn1cc(CC2(O)COC(COP(=O)(Cl)Cl)C2O)c(=O)[nH]c1=O. The molecule has 2 rings (SSSR count). The minimum Gasteiger partial charge on any atom is -0.387 e. The molecule has 3 N–H and O–H groups in total. The van der Waals surface area contributed by atoms with E-state index in [1.54, 1.807) is 0 Å². The van der Waals surface area contributed by atoms with Crippen molar-refractivity contribution >= 4 is 28.6 Å². The fourth-order valence-corrected chi connectivity index (χ4v) is 3.30. The molecule has 12 heteroatoms. The van der Waals surface area contributed by atoms with Crippen LogP contribution < -0.4 is 11.2 Å². The first-order valence-corrected chi connectivity index (χ1v) is 11.0. The van der Waals surface area contributed by atoms with Gasteiger partial charge in [-0.3, -0.25) is 14.3 Å². The third-order valence-corrected chi connectivity index (χ3v) is 4.92. The van der Waals surface area contributed by atoms with Crippen LogP contribution in [0.2, 0.25) is 0 Å². The van der Waals surface area contributed by atoms with Gasteiger partial charge in [-0.2, -0.15) is 0 Å². The zero-order valence-electron chi connectivity index (χ0n) is 13.4. The van der Waals surface area contributed by atoms with Gasteiger partial charge in [0.25, 0.3) is 5.56 Å². The molecule has 0 bridgehead atoms. The van der Waals surface area contributed by atoms with Gasteiger partial charge in [0.1, 0.15) is 17.8 Å². The van der Waals surface area contributed by atoms with E-state index in [1.165, 1.54) is 10.8 Å². The molecule has 1 aromatic rings. The van der Waals surface area contributed by atoms with Crippen LogP contribution in [0.25, 0.3) is 0 Å². The molecule has 1 aromatic heterocycles. The number of ether oxygens (including phenoxy) is 1. The first kappa shape index (κ1) is 20.6. The van der Waals surface area contributed by atoms with Crippen LogP contribution in [0.4, 0.5) is 0 Å². The lowest BCUT2D eigenvalue weighted by atomic mass is 9.90. The monoisotopic (exact) mass is 416 g/mol. The number of hydrogen-bond acceptors (Lipinski definition) is 7. The topological polar surface area (TPSA) is 131 Å². The van der Waals surface area contributed by atoms with Crippen LogP contribution in [-0.2, 0) is 26.8 Å². The largest absolute Gasteiger partial charge is 0.387 e. The van der Waals surface area contributed by atoms with Crippen molar-refractivity contribution in [2.45, 2.75) is 44.1 Å². The molecule has 0 aliphatic carbocycles. The van der Waals surface area contributed by atoms with E-state index >= 15 is 0 Å². The van der Waals surface area contributed by atoms with Crippen molar-refractivity contribution in [3.8, 4) is 0 Å². The van der Waals surface area contributed by atoms with E-state index in [1.807, 2.05) is 6.92 Å². The first-order valence-electron chi connectivity index (χ1n) is 7.54. The quantitative estimate of drug-likeness (QED) is 0.554. The van der Waals surface area contributed by atoms with Gasteiger partial charge < -0.3 is 24.0 Å². The normalized spacial score (nSPS) is 26.9. The van der Waals surface area contributed by atoms with E-state index in [4.69, 9.17) is 31.7 Å². The molecule has 25 heavy (non-hydrogen) atoms. The van der Waals surface area contributed by atoms with Crippen molar-refractivity contribution in [3.63, 3.8) is 0 Å². The Morgan fingerprint density at radius 1 is 1.52 bits per heavy atom. The van der Waals surface area contributed by atoms with Gasteiger partial charge in [0.15, 0.2) is 0 Å². The molecule has 3 unspecified atom stereocenters. The lowest BCUT2D eigenvalue weighted by molar-refractivity contribution is -0.0532. The second-order valence-electron chi connectivity index (χ2n) is 5.89. The van der Waals surface area contributed by atoms with Gasteiger partial charge in [-0.25, -0.2) is 4.79 Å². The highest BCUT2D eigenvalue weighted by Crippen LogP contribution is 2.57. The Morgan fingerprint density at radius 2 is 2.20 bits per heavy atom. The lowest BCUT2D eigenvalue weighted by Crippen LogP contribution is -2.48. The molecule has 9 nitrogen and oxygen atoms in total. The summed E-state index contributed by atoms with van der Waals surface area (Å²) in [4.78, 5) is 25.8. The molecule has 0 saturated carbocycles. The van der Waals surface area contributed by atoms with Crippen molar-refractivity contribution < 1.29 is 24.0 Å². The Kier molecular flexibility index (Phi) is 6.54. The van der Waals surface area contributed by atoms with Gasteiger partial charge >= 0.3 is 11.8 Å². The van der Waals surface area contributed by atoms with E-state index in [-0.39, 0.29) is 25.2 Å². The molecule has 0 spiro atoms. The van der Waals surface area contributed by atoms with E-state index in [2.05, 4.69) is 4.98 Å². The number of aromatic amines is 1. The first-order chi connectivity index (χ1) is 11.6. The van der Waals surface area contributed by atoms with Crippen molar-refractivity contribution in [2.75, 3.05) is 13.2 Å². The number of nitrogens with one attached hydrogen (secondary N) is 1. The maximum atomic E-state index is 12.0. The molecule has 1 aliphatic rings. The molecule has 0 aromatic carbocycles. The highest BCUT2D eigenvalue weighted by atomic mass is 35.9. The molecular formula is C13H19Cl2N2O7P. The summed E-state index contributed by atoms with van der Waals surface area (Å²) < 4.78 is 22.4. The number of hydrogen-bond donors (Lipinski definition) is 3. The predicted molar refractivity (Wildman–Crippen MR) is 91.3 cm³/mol. The minimum absolute atomic E-state index is 0.125. The molecule has 1 fully saturated rings. The van der Waals surface area contributed by atoms with Crippen molar-refractivity contribution in [1.29, 1.82) is 0 Å². The molecule has 0 amide bonds. The average molecular weight is 417 g/mol. The molecule has 3 atom stereocenters. The Bertz CT molecular complexity index is 776. The highest BCUT2D eigenvalue weighted by molar-refractivity contribution is 8.05. The summed E-state index contributed by atoms with van der Waals surface area (Å²) in [6, 6.07) is 0. The molecule has 2 heterocycles. The molecule has 142 valence electrons. The van der Waals surface area contributed by atoms with Gasteiger partial charge in [-0.15, -0.1) is 0 Å². The van der Waals surface area contributed by atoms with E-state index < -0.39 is 35.1 Å². The minimum atomic E-state index is -3.80. The van der Waals surface area contributed by atoms with Crippen LogP contribution in [0.3, 0.4) is 0 Å². The zero-order chi connectivity index (χ0) is 18.8. The fourth-order valence-electron chi connectivity index (χ4n) is 2.65. The second kappa shape index (κ2) is 7.92. The van der Waals surface area contributed by atoms with Crippen LogP contribution in [0.5, 0.6) is 0 Å². The second-order valence-corrected chi connectivity index (χ2v) is 10.2. The van der Waals surface area contributed by atoms with Gasteiger partial charge in [0.2, 0.25) is 0 Å². The maximum absolute atomic E-state index is 12.0. The number of nitrogens with zero attached hydrogens (tertiary/aromatic N) is 1. The summed E-state index contributed by atoms with van der Waals surface area (Å²) in [6.07, 6.45) is -4.47. The van der Waals surface area contributed by atoms with Crippen LogP contribution in [0, 0.1) is 0 Å². The molecular weight excluding hydrogens is 398 g/mol. The van der Waals surface area contributed by atoms with Crippen molar-refractivity contribution in [1.82, 2.24) is 9.55 Å². The van der Waals surface area contributed by atoms with Crippen LogP contribution in [0.15, 0.2) is 15.8 Å². The van der Waals surface area contributed by atoms with Crippen molar-refractivity contribution in [2.24, 2.45) is 0 Å². The summed E-state index contributed by atoms with van der Waals surface area (Å²) in [7, 11) is 0. The molecule has 0 radical (unpaired) electrons. The van der Waals surface area contributed by atoms with Crippen LogP contribution in [-0.4, -0.2) is 50.8 Å². The Morgan fingerprint density at radius 3 is 2.80 bits per heavy atom. The number of aryl methyl sites for hydroxylation is 1. The maximum Gasteiger partial charge on any atom is 0.380 e. The smallest absolute Gasteiger partial charge is 0.380 e.